The molecule has 68 valence electrons. The number of hydrogen-bond acceptors (Lipinski definition) is 2. The van der Waals surface area contributed by atoms with Crippen LogP contribution in [-0.4, -0.2) is 6.29 Å². The van der Waals surface area contributed by atoms with Crippen molar-refractivity contribution < 1.29 is 4.79 Å². The van der Waals surface area contributed by atoms with Gasteiger partial charge in [-0.25, -0.2) is 0 Å². The van der Waals surface area contributed by atoms with Gasteiger partial charge in [0.15, 0.2) is 0 Å². The number of anilines is 1. The molecule has 1 aliphatic rings. The first-order chi connectivity index (χ1) is 6.18. The van der Waals surface area contributed by atoms with Gasteiger partial charge in [0.2, 0.25) is 0 Å². The number of nitrogen functional groups attached to an aromatic ring is 1. The van der Waals surface area contributed by atoms with Gasteiger partial charge in [-0.05, 0) is 30.5 Å². The average molecular weight is 196 g/mol. The Morgan fingerprint density at radius 3 is 2.62 bits per heavy atom. The van der Waals surface area contributed by atoms with Crippen LogP contribution in [0.15, 0.2) is 18.2 Å². The fraction of sp³-hybridized carbons (Fsp3) is 0.300. The van der Waals surface area contributed by atoms with E-state index in [4.69, 9.17) is 17.3 Å². The van der Waals surface area contributed by atoms with Crippen LogP contribution in [0.2, 0.25) is 5.02 Å². The predicted octanol–water partition coefficient (Wildman–Crippen LogP) is 2.15. The second kappa shape index (κ2) is 2.74. The maximum atomic E-state index is 10.8. The third-order valence-corrected chi connectivity index (χ3v) is 2.80. The van der Waals surface area contributed by atoms with E-state index in [1.807, 2.05) is 6.07 Å². The van der Waals surface area contributed by atoms with E-state index < -0.39 is 0 Å². The summed E-state index contributed by atoms with van der Waals surface area (Å²) in [5.74, 6) is 0. The summed E-state index contributed by atoms with van der Waals surface area (Å²) in [5.41, 5.74) is 7.03. The maximum absolute atomic E-state index is 10.8. The zero-order valence-corrected chi connectivity index (χ0v) is 7.84. The van der Waals surface area contributed by atoms with Crippen molar-refractivity contribution in [1.29, 1.82) is 0 Å². The van der Waals surface area contributed by atoms with E-state index >= 15 is 0 Å². The number of carbonyl (C=O) groups is 1. The highest BCUT2D eigenvalue weighted by Gasteiger charge is 2.45. The number of benzene rings is 1. The van der Waals surface area contributed by atoms with Crippen LogP contribution in [0.25, 0.3) is 0 Å². The van der Waals surface area contributed by atoms with Crippen LogP contribution in [-0.2, 0) is 10.2 Å². The van der Waals surface area contributed by atoms with Crippen LogP contribution in [0.4, 0.5) is 5.69 Å². The summed E-state index contributed by atoms with van der Waals surface area (Å²) in [4.78, 5) is 10.8. The number of nitrogens with two attached hydrogens (primary N) is 1. The van der Waals surface area contributed by atoms with E-state index in [1.54, 1.807) is 12.1 Å². The number of carbonyl (C=O) groups excluding carboxylic acids is 1. The molecular formula is C10H10ClNO. The zero-order valence-electron chi connectivity index (χ0n) is 7.09. The Balaban J connectivity index is 2.47. The van der Waals surface area contributed by atoms with E-state index in [-0.39, 0.29) is 5.41 Å². The first-order valence-electron chi connectivity index (χ1n) is 4.20. The highest BCUT2D eigenvalue weighted by molar-refractivity contribution is 6.30. The van der Waals surface area contributed by atoms with Crippen LogP contribution in [0, 0.1) is 0 Å². The van der Waals surface area contributed by atoms with Crippen molar-refractivity contribution in [3.8, 4) is 0 Å². The molecule has 1 fully saturated rings. The summed E-state index contributed by atoms with van der Waals surface area (Å²) in [5, 5.41) is 0.614. The third kappa shape index (κ3) is 1.31. The first kappa shape index (κ1) is 8.57. The lowest BCUT2D eigenvalue weighted by atomic mass is 9.96. The Hall–Kier alpha value is -1.02. The molecule has 2 rings (SSSR count). The lowest BCUT2D eigenvalue weighted by Gasteiger charge is -2.10. The average Bonchev–Trinajstić information content (AvgIpc) is 2.85. The van der Waals surface area contributed by atoms with E-state index in [9.17, 15) is 4.79 Å². The van der Waals surface area contributed by atoms with Crippen LogP contribution in [0.5, 0.6) is 0 Å². The Bertz CT molecular complexity index is 358. The van der Waals surface area contributed by atoms with Gasteiger partial charge in [-0.2, -0.15) is 0 Å². The summed E-state index contributed by atoms with van der Waals surface area (Å²) in [6.45, 7) is 0. The van der Waals surface area contributed by atoms with Crippen molar-refractivity contribution in [2.75, 3.05) is 5.73 Å². The first-order valence-corrected chi connectivity index (χ1v) is 4.58. The molecule has 0 aliphatic heterocycles. The fourth-order valence-corrected chi connectivity index (χ4v) is 1.75. The predicted molar refractivity (Wildman–Crippen MR) is 52.8 cm³/mol. The molecule has 0 saturated heterocycles. The molecule has 2 nitrogen and oxygen atoms in total. The Morgan fingerprint density at radius 2 is 2.15 bits per heavy atom. The number of aldehydes is 1. The summed E-state index contributed by atoms with van der Waals surface area (Å²) in [6, 6.07) is 5.32. The Labute approximate surface area is 81.7 Å². The molecular weight excluding hydrogens is 186 g/mol. The fourth-order valence-electron chi connectivity index (χ4n) is 1.57. The number of rotatable bonds is 2. The second-order valence-corrected chi connectivity index (χ2v) is 3.94. The summed E-state index contributed by atoms with van der Waals surface area (Å²) in [7, 11) is 0. The van der Waals surface area contributed by atoms with Gasteiger partial charge >= 0.3 is 0 Å². The Morgan fingerprint density at radius 1 is 1.46 bits per heavy atom. The van der Waals surface area contributed by atoms with E-state index in [2.05, 4.69) is 0 Å². The molecule has 2 N–H and O–H groups in total. The quantitative estimate of drug-likeness (QED) is 0.581. The molecule has 13 heavy (non-hydrogen) atoms. The standard InChI is InChI=1S/C10H10ClNO/c11-7-1-2-8(9(12)5-7)10(6-13)3-4-10/h1-2,5-6H,3-4,12H2. The van der Waals surface area contributed by atoms with Crippen LogP contribution >= 0.6 is 11.6 Å². The van der Waals surface area contributed by atoms with Gasteiger partial charge in [-0.15, -0.1) is 0 Å². The van der Waals surface area contributed by atoms with Gasteiger partial charge in [0.05, 0.1) is 5.41 Å². The van der Waals surface area contributed by atoms with Crippen molar-refractivity contribution in [3.05, 3.63) is 28.8 Å². The van der Waals surface area contributed by atoms with Gasteiger partial charge in [0.25, 0.3) is 0 Å². The lowest BCUT2D eigenvalue weighted by molar-refractivity contribution is -0.109. The summed E-state index contributed by atoms with van der Waals surface area (Å²) < 4.78 is 0. The normalized spacial score (nSPS) is 18.2. The maximum Gasteiger partial charge on any atom is 0.130 e. The van der Waals surface area contributed by atoms with E-state index in [0.29, 0.717) is 10.7 Å². The Kier molecular flexibility index (Phi) is 1.81. The van der Waals surface area contributed by atoms with Gasteiger partial charge in [0, 0.05) is 10.7 Å². The van der Waals surface area contributed by atoms with Gasteiger partial charge in [-0.1, -0.05) is 17.7 Å². The van der Waals surface area contributed by atoms with Gasteiger partial charge in [0.1, 0.15) is 6.29 Å². The zero-order chi connectivity index (χ0) is 9.47. The minimum absolute atomic E-state index is 0.297. The molecule has 0 spiro atoms. The summed E-state index contributed by atoms with van der Waals surface area (Å²) in [6.07, 6.45) is 2.80. The molecule has 1 saturated carbocycles. The van der Waals surface area contributed by atoms with Crippen molar-refractivity contribution >= 4 is 23.6 Å². The number of halogens is 1. The molecule has 0 aromatic heterocycles. The van der Waals surface area contributed by atoms with Crippen molar-refractivity contribution in [2.45, 2.75) is 18.3 Å². The van der Waals surface area contributed by atoms with E-state index in [0.717, 1.165) is 24.7 Å². The smallest absolute Gasteiger partial charge is 0.130 e. The van der Waals surface area contributed by atoms with Crippen molar-refractivity contribution in [1.82, 2.24) is 0 Å². The highest BCUT2D eigenvalue weighted by Crippen LogP contribution is 2.48. The molecule has 0 heterocycles. The van der Waals surface area contributed by atoms with Crippen LogP contribution in [0.1, 0.15) is 18.4 Å². The van der Waals surface area contributed by atoms with E-state index in [1.165, 1.54) is 0 Å². The van der Waals surface area contributed by atoms with Crippen LogP contribution < -0.4 is 5.73 Å². The molecule has 0 unspecified atom stereocenters. The number of hydrogen-bond donors (Lipinski definition) is 1. The molecule has 1 aromatic rings. The largest absolute Gasteiger partial charge is 0.398 e. The van der Waals surface area contributed by atoms with Crippen LogP contribution in [0.3, 0.4) is 0 Å². The third-order valence-electron chi connectivity index (χ3n) is 2.56. The molecule has 0 bridgehead atoms. The lowest BCUT2D eigenvalue weighted by Crippen LogP contribution is -2.10. The molecule has 0 atom stereocenters. The topological polar surface area (TPSA) is 43.1 Å². The highest BCUT2D eigenvalue weighted by atomic mass is 35.5. The monoisotopic (exact) mass is 195 g/mol. The molecule has 1 aromatic carbocycles. The van der Waals surface area contributed by atoms with Gasteiger partial charge in [-0.3, -0.25) is 0 Å². The molecule has 1 aliphatic carbocycles. The second-order valence-electron chi connectivity index (χ2n) is 3.51. The minimum atomic E-state index is -0.297. The SMILES string of the molecule is Nc1cc(Cl)ccc1C1(C=O)CC1. The van der Waals surface area contributed by atoms with Gasteiger partial charge < -0.3 is 10.5 Å². The molecule has 0 radical (unpaired) electrons. The molecule has 3 heteroatoms. The minimum Gasteiger partial charge on any atom is -0.398 e. The van der Waals surface area contributed by atoms with Crippen molar-refractivity contribution in [2.24, 2.45) is 0 Å². The van der Waals surface area contributed by atoms with Crippen molar-refractivity contribution in [3.63, 3.8) is 0 Å². The summed E-state index contributed by atoms with van der Waals surface area (Å²) >= 11 is 5.76. The molecule has 0 amide bonds.